The van der Waals surface area contributed by atoms with Crippen molar-refractivity contribution in [2.45, 2.75) is 32.6 Å². The second kappa shape index (κ2) is 10.9. The summed E-state index contributed by atoms with van der Waals surface area (Å²) >= 11 is 0. The molecule has 0 aromatic carbocycles. The van der Waals surface area contributed by atoms with Gasteiger partial charge in [-0.2, -0.15) is 0 Å². The zero-order valence-electron chi connectivity index (χ0n) is 10.9. The van der Waals surface area contributed by atoms with E-state index in [4.69, 9.17) is 4.74 Å². The highest BCUT2D eigenvalue weighted by Gasteiger charge is 2.01. The topological polar surface area (TPSA) is 41.6 Å². The molecule has 16 heavy (non-hydrogen) atoms. The first-order valence-corrected chi connectivity index (χ1v) is 6.19. The summed E-state index contributed by atoms with van der Waals surface area (Å²) in [4.78, 5) is 13.3. The summed E-state index contributed by atoms with van der Waals surface area (Å²) < 4.78 is 4.87. The molecule has 0 unspecified atom stereocenters. The standard InChI is InChI=1S/C12H26N2O2/c1-4-16-12(15)8-6-5-7-10-14(3)11-9-13-2/h13H,4-11H2,1-3H3. The van der Waals surface area contributed by atoms with Gasteiger partial charge < -0.3 is 15.0 Å². The summed E-state index contributed by atoms with van der Waals surface area (Å²) in [6, 6.07) is 0. The summed E-state index contributed by atoms with van der Waals surface area (Å²) in [5, 5.41) is 3.13. The molecule has 0 saturated carbocycles. The highest BCUT2D eigenvalue weighted by atomic mass is 16.5. The number of ether oxygens (including phenoxy) is 1. The van der Waals surface area contributed by atoms with Crippen molar-refractivity contribution in [3.8, 4) is 0 Å². The maximum atomic E-state index is 11.0. The molecular formula is C12H26N2O2. The minimum Gasteiger partial charge on any atom is -0.466 e. The fourth-order valence-electron chi connectivity index (χ4n) is 1.48. The smallest absolute Gasteiger partial charge is 0.305 e. The van der Waals surface area contributed by atoms with Gasteiger partial charge in [-0.25, -0.2) is 0 Å². The van der Waals surface area contributed by atoms with Crippen molar-refractivity contribution in [2.75, 3.05) is 40.3 Å². The number of likely N-dealkylation sites (N-methyl/N-ethyl adjacent to an activating group) is 2. The van der Waals surface area contributed by atoms with Gasteiger partial charge in [0, 0.05) is 19.5 Å². The molecule has 0 fully saturated rings. The summed E-state index contributed by atoms with van der Waals surface area (Å²) in [6.45, 7) is 5.54. The van der Waals surface area contributed by atoms with Crippen molar-refractivity contribution < 1.29 is 9.53 Å². The summed E-state index contributed by atoms with van der Waals surface area (Å²) in [5.41, 5.74) is 0. The van der Waals surface area contributed by atoms with Gasteiger partial charge in [0.05, 0.1) is 6.61 Å². The first-order valence-electron chi connectivity index (χ1n) is 6.19. The van der Waals surface area contributed by atoms with Crippen LogP contribution in [-0.2, 0) is 9.53 Å². The maximum absolute atomic E-state index is 11.0. The van der Waals surface area contributed by atoms with Crippen molar-refractivity contribution in [3.05, 3.63) is 0 Å². The summed E-state index contributed by atoms with van der Waals surface area (Å²) in [6.07, 6.45) is 3.76. The molecule has 0 radical (unpaired) electrons. The van der Waals surface area contributed by atoms with E-state index in [1.165, 1.54) is 0 Å². The van der Waals surface area contributed by atoms with Crippen LogP contribution in [0, 0.1) is 0 Å². The Morgan fingerprint density at radius 1 is 1.25 bits per heavy atom. The number of unbranched alkanes of at least 4 members (excludes halogenated alkanes) is 2. The van der Waals surface area contributed by atoms with Crippen LogP contribution in [0.4, 0.5) is 0 Å². The highest BCUT2D eigenvalue weighted by Crippen LogP contribution is 2.02. The lowest BCUT2D eigenvalue weighted by Crippen LogP contribution is -2.28. The normalized spacial score (nSPS) is 10.8. The molecule has 0 atom stereocenters. The molecule has 0 aliphatic rings. The molecule has 0 spiro atoms. The van der Waals surface area contributed by atoms with E-state index in [2.05, 4.69) is 17.3 Å². The predicted octanol–water partition coefficient (Wildman–Crippen LogP) is 1.26. The van der Waals surface area contributed by atoms with Crippen LogP contribution in [-0.4, -0.2) is 51.2 Å². The van der Waals surface area contributed by atoms with Crippen LogP contribution in [0.25, 0.3) is 0 Å². The van der Waals surface area contributed by atoms with Crippen molar-refractivity contribution >= 4 is 5.97 Å². The number of carbonyl (C=O) groups excluding carboxylic acids is 1. The van der Waals surface area contributed by atoms with Crippen LogP contribution >= 0.6 is 0 Å². The van der Waals surface area contributed by atoms with Crippen LogP contribution in [0.2, 0.25) is 0 Å². The third-order valence-corrected chi connectivity index (χ3v) is 2.47. The van der Waals surface area contributed by atoms with E-state index in [-0.39, 0.29) is 5.97 Å². The van der Waals surface area contributed by atoms with E-state index < -0.39 is 0 Å². The van der Waals surface area contributed by atoms with E-state index in [1.807, 2.05) is 14.0 Å². The van der Waals surface area contributed by atoms with E-state index in [9.17, 15) is 4.79 Å². The molecule has 0 amide bonds. The van der Waals surface area contributed by atoms with Crippen LogP contribution in [0.5, 0.6) is 0 Å². The number of nitrogens with zero attached hydrogens (tertiary/aromatic N) is 1. The van der Waals surface area contributed by atoms with Gasteiger partial charge in [-0.05, 0) is 40.4 Å². The van der Waals surface area contributed by atoms with Gasteiger partial charge in [-0.3, -0.25) is 4.79 Å². The average molecular weight is 230 g/mol. The molecule has 0 aliphatic carbocycles. The zero-order chi connectivity index (χ0) is 12.2. The minimum atomic E-state index is -0.0639. The van der Waals surface area contributed by atoms with Gasteiger partial charge in [-0.1, -0.05) is 6.42 Å². The zero-order valence-corrected chi connectivity index (χ0v) is 10.9. The molecule has 0 heterocycles. The third kappa shape index (κ3) is 9.93. The second-order valence-corrected chi connectivity index (χ2v) is 4.02. The lowest BCUT2D eigenvalue weighted by Gasteiger charge is -2.15. The molecule has 0 bridgehead atoms. The van der Waals surface area contributed by atoms with Crippen LogP contribution in [0.15, 0.2) is 0 Å². The van der Waals surface area contributed by atoms with Gasteiger partial charge in [-0.15, -0.1) is 0 Å². The first-order chi connectivity index (χ1) is 7.70. The van der Waals surface area contributed by atoms with Crippen molar-refractivity contribution in [2.24, 2.45) is 0 Å². The Morgan fingerprint density at radius 2 is 2.00 bits per heavy atom. The maximum Gasteiger partial charge on any atom is 0.305 e. The third-order valence-electron chi connectivity index (χ3n) is 2.47. The highest BCUT2D eigenvalue weighted by molar-refractivity contribution is 5.69. The second-order valence-electron chi connectivity index (χ2n) is 4.02. The Kier molecular flexibility index (Phi) is 10.5. The predicted molar refractivity (Wildman–Crippen MR) is 66.5 cm³/mol. The Hall–Kier alpha value is -0.610. The molecule has 0 aliphatic heterocycles. The van der Waals surface area contributed by atoms with Crippen molar-refractivity contribution in [1.29, 1.82) is 0 Å². The number of nitrogens with one attached hydrogen (secondary N) is 1. The molecular weight excluding hydrogens is 204 g/mol. The number of carbonyl (C=O) groups is 1. The summed E-state index contributed by atoms with van der Waals surface area (Å²) in [5.74, 6) is -0.0639. The lowest BCUT2D eigenvalue weighted by atomic mass is 10.2. The lowest BCUT2D eigenvalue weighted by molar-refractivity contribution is -0.143. The quantitative estimate of drug-likeness (QED) is 0.453. The number of rotatable bonds is 10. The van der Waals surface area contributed by atoms with Gasteiger partial charge >= 0.3 is 5.97 Å². The molecule has 0 aromatic heterocycles. The fourth-order valence-corrected chi connectivity index (χ4v) is 1.48. The molecule has 0 rings (SSSR count). The monoisotopic (exact) mass is 230 g/mol. The van der Waals surface area contributed by atoms with Gasteiger partial charge in [0.15, 0.2) is 0 Å². The largest absolute Gasteiger partial charge is 0.466 e. The number of hydrogen-bond acceptors (Lipinski definition) is 4. The Labute approximate surface area is 99.3 Å². The average Bonchev–Trinajstić information content (AvgIpc) is 2.26. The van der Waals surface area contributed by atoms with Crippen LogP contribution < -0.4 is 5.32 Å². The number of hydrogen-bond donors (Lipinski definition) is 1. The first kappa shape index (κ1) is 15.4. The SMILES string of the molecule is CCOC(=O)CCCCCN(C)CCNC. The van der Waals surface area contributed by atoms with Crippen molar-refractivity contribution in [3.63, 3.8) is 0 Å². The molecule has 1 N–H and O–H groups in total. The fraction of sp³-hybridized carbons (Fsp3) is 0.917. The van der Waals surface area contributed by atoms with Gasteiger partial charge in [0.25, 0.3) is 0 Å². The van der Waals surface area contributed by atoms with E-state index >= 15 is 0 Å². The molecule has 0 aromatic rings. The molecule has 0 saturated heterocycles. The van der Waals surface area contributed by atoms with Crippen LogP contribution in [0.3, 0.4) is 0 Å². The minimum absolute atomic E-state index is 0.0639. The van der Waals surface area contributed by atoms with Gasteiger partial charge in [0.1, 0.15) is 0 Å². The van der Waals surface area contributed by atoms with E-state index in [0.29, 0.717) is 13.0 Å². The van der Waals surface area contributed by atoms with Crippen LogP contribution in [0.1, 0.15) is 32.6 Å². The molecule has 4 heteroatoms. The van der Waals surface area contributed by atoms with Crippen molar-refractivity contribution in [1.82, 2.24) is 10.2 Å². The Bertz CT molecular complexity index is 174. The van der Waals surface area contributed by atoms with Gasteiger partial charge in [0.2, 0.25) is 0 Å². The molecule has 4 nitrogen and oxygen atoms in total. The Balaban J connectivity index is 3.23. The Morgan fingerprint density at radius 3 is 2.62 bits per heavy atom. The van der Waals surface area contributed by atoms with E-state index in [0.717, 1.165) is 38.9 Å². The van der Waals surface area contributed by atoms with E-state index in [1.54, 1.807) is 0 Å². The summed E-state index contributed by atoms with van der Waals surface area (Å²) in [7, 11) is 4.09. The number of esters is 1. The molecule has 96 valence electrons.